The minimum atomic E-state index is -4.13. The highest BCUT2D eigenvalue weighted by atomic mass is 35.5. The number of aryl methyl sites for hydroxylation is 2. The Morgan fingerprint density at radius 3 is 1.98 bits per heavy atom. The van der Waals surface area contributed by atoms with Gasteiger partial charge in [0, 0.05) is 12.6 Å². The van der Waals surface area contributed by atoms with E-state index in [4.69, 9.17) is 23.2 Å². The van der Waals surface area contributed by atoms with E-state index in [1.165, 1.54) is 17.0 Å². The molecule has 7 nitrogen and oxygen atoms in total. The minimum absolute atomic E-state index is 0.0362. The second-order valence-corrected chi connectivity index (χ2v) is 12.8. The lowest BCUT2D eigenvalue weighted by molar-refractivity contribution is -0.140. The summed E-state index contributed by atoms with van der Waals surface area (Å²) in [5.74, 6) is -0.836. The molecule has 0 aromatic heterocycles. The summed E-state index contributed by atoms with van der Waals surface area (Å²) >= 11 is 12.4. The fourth-order valence-corrected chi connectivity index (χ4v) is 6.01. The van der Waals surface area contributed by atoms with Gasteiger partial charge in [0.05, 0.1) is 20.6 Å². The molecule has 3 aromatic rings. The van der Waals surface area contributed by atoms with Crippen molar-refractivity contribution in [2.75, 3.05) is 10.8 Å². The summed E-state index contributed by atoms with van der Waals surface area (Å²) in [6, 6.07) is 17.5. The zero-order valence-corrected chi connectivity index (χ0v) is 26.4. The minimum Gasteiger partial charge on any atom is -0.352 e. The van der Waals surface area contributed by atoms with Gasteiger partial charge in [-0.25, -0.2) is 8.42 Å². The highest BCUT2D eigenvalue weighted by Gasteiger charge is 2.34. The van der Waals surface area contributed by atoms with Gasteiger partial charge in [-0.15, -0.1) is 0 Å². The molecular formula is C31H37Cl2N3O4S. The van der Waals surface area contributed by atoms with E-state index in [1.54, 1.807) is 54.6 Å². The molecule has 0 saturated carbocycles. The first-order chi connectivity index (χ1) is 19.4. The molecule has 3 aromatic carbocycles. The number of carbonyl (C=O) groups excluding carboxylic acids is 2. The Balaban J connectivity index is 2.07. The molecular weight excluding hydrogens is 581 g/mol. The molecule has 220 valence electrons. The number of nitrogens with zero attached hydrogens (tertiary/aromatic N) is 2. The number of benzene rings is 3. The molecule has 41 heavy (non-hydrogen) atoms. The monoisotopic (exact) mass is 617 g/mol. The number of sulfonamides is 1. The Morgan fingerprint density at radius 1 is 0.854 bits per heavy atom. The molecule has 2 amide bonds. The van der Waals surface area contributed by atoms with E-state index in [0.717, 1.165) is 21.9 Å². The van der Waals surface area contributed by atoms with Crippen LogP contribution in [0.3, 0.4) is 0 Å². The first kappa shape index (κ1) is 32.4. The lowest BCUT2D eigenvalue weighted by Crippen LogP contribution is -2.53. The van der Waals surface area contributed by atoms with Crippen LogP contribution in [0, 0.1) is 13.8 Å². The van der Waals surface area contributed by atoms with Crippen molar-refractivity contribution >= 4 is 50.7 Å². The van der Waals surface area contributed by atoms with Crippen molar-refractivity contribution in [1.82, 2.24) is 10.2 Å². The van der Waals surface area contributed by atoms with Crippen LogP contribution in [0.5, 0.6) is 0 Å². The molecule has 0 radical (unpaired) electrons. The van der Waals surface area contributed by atoms with Gasteiger partial charge in [-0.3, -0.25) is 13.9 Å². The number of carbonyl (C=O) groups is 2. The fourth-order valence-electron chi connectivity index (χ4n) is 4.27. The van der Waals surface area contributed by atoms with Gasteiger partial charge >= 0.3 is 0 Å². The van der Waals surface area contributed by atoms with E-state index < -0.39 is 28.5 Å². The van der Waals surface area contributed by atoms with Gasteiger partial charge in [0.2, 0.25) is 11.8 Å². The lowest BCUT2D eigenvalue weighted by atomic mass is 10.1. The van der Waals surface area contributed by atoms with Crippen LogP contribution in [0.1, 0.15) is 50.3 Å². The van der Waals surface area contributed by atoms with Gasteiger partial charge in [-0.05, 0) is 75.6 Å². The highest BCUT2D eigenvalue weighted by molar-refractivity contribution is 7.92. The summed E-state index contributed by atoms with van der Waals surface area (Å²) in [6.45, 7) is 8.96. The van der Waals surface area contributed by atoms with Crippen LogP contribution in [-0.4, -0.2) is 43.8 Å². The molecule has 0 aliphatic heterocycles. The molecule has 0 spiro atoms. The molecule has 0 bridgehead atoms. The van der Waals surface area contributed by atoms with Crippen molar-refractivity contribution in [3.8, 4) is 0 Å². The van der Waals surface area contributed by atoms with E-state index in [1.807, 2.05) is 34.6 Å². The second-order valence-electron chi connectivity index (χ2n) is 10.2. The average molecular weight is 619 g/mol. The van der Waals surface area contributed by atoms with E-state index in [0.29, 0.717) is 27.7 Å². The number of nitrogens with one attached hydrogen (secondary N) is 1. The summed E-state index contributed by atoms with van der Waals surface area (Å²) in [5, 5.41) is 3.64. The predicted molar refractivity (Wildman–Crippen MR) is 166 cm³/mol. The van der Waals surface area contributed by atoms with Gasteiger partial charge in [-0.1, -0.05) is 78.5 Å². The number of hydrogen-bond donors (Lipinski definition) is 1. The summed E-state index contributed by atoms with van der Waals surface area (Å²) in [7, 11) is -4.13. The highest BCUT2D eigenvalue weighted by Crippen LogP contribution is 2.27. The van der Waals surface area contributed by atoms with Gasteiger partial charge in [-0.2, -0.15) is 0 Å². The number of amides is 2. The molecule has 10 heteroatoms. The first-order valence-corrected chi connectivity index (χ1v) is 15.8. The first-order valence-electron chi connectivity index (χ1n) is 13.6. The molecule has 0 heterocycles. The standard InChI is InChI=1S/C31H37Cl2N3O4S/c1-6-23(5)34-31(38)29(7-2)35(19-24-12-17-27(32)28(33)18-24)30(37)20-36(25-13-8-21(3)9-14-25)41(39,40)26-15-10-22(4)11-16-26/h8-18,23,29H,6-7,19-20H2,1-5H3,(H,34,38). The Morgan fingerprint density at radius 2 is 1.44 bits per heavy atom. The number of halogens is 2. The van der Waals surface area contributed by atoms with E-state index in [2.05, 4.69) is 5.32 Å². The predicted octanol–water partition coefficient (Wildman–Crippen LogP) is 6.53. The van der Waals surface area contributed by atoms with Crippen LogP contribution in [0.25, 0.3) is 0 Å². The molecule has 2 atom stereocenters. The number of rotatable bonds is 12. The van der Waals surface area contributed by atoms with E-state index >= 15 is 0 Å². The largest absolute Gasteiger partial charge is 0.352 e. The topological polar surface area (TPSA) is 86.8 Å². The van der Waals surface area contributed by atoms with E-state index in [-0.39, 0.29) is 23.4 Å². The van der Waals surface area contributed by atoms with Crippen molar-refractivity contribution in [3.63, 3.8) is 0 Å². The van der Waals surface area contributed by atoms with Crippen molar-refractivity contribution in [2.45, 2.75) is 71.0 Å². The molecule has 3 rings (SSSR count). The number of hydrogen-bond acceptors (Lipinski definition) is 4. The maximum Gasteiger partial charge on any atom is 0.264 e. The molecule has 1 N–H and O–H groups in total. The van der Waals surface area contributed by atoms with Gasteiger partial charge in [0.25, 0.3) is 10.0 Å². The Kier molecular flexibility index (Phi) is 11.2. The maximum atomic E-state index is 14.1. The van der Waals surface area contributed by atoms with Crippen molar-refractivity contribution < 1.29 is 18.0 Å². The second kappa shape index (κ2) is 14.2. The van der Waals surface area contributed by atoms with Crippen LogP contribution in [0.2, 0.25) is 10.0 Å². The third-order valence-electron chi connectivity index (χ3n) is 6.93. The van der Waals surface area contributed by atoms with Gasteiger partial charge in [0.1, 0.15) is 12.6 Å². The van der Waals surface area contributed by atoms with Crippen LogP contribution in [0.4, 0.5) is 5.69 Å². The maximum absolute atomic E-state index is 14.1. The molecule has 0 aliphatic carbocycles. The van der Waals surface area contributed by atoms with Crippen molar-refractivity contribution in [3.05, 3.63) is 93.5 Å². The summed E-state index contributed by atoms with van der Waals surface area (Å²) in [5.41, 5.74) is 2.86. The van der Waals surface area contributed by atoms with Gasteiger partial charge < -0.3 is 10.2 Å². The number of anilines is 1. The third-order valence-corrected chi connectivity index (χ3v) is 9.46. The third kappa shape index (κ3) is 8.24. The molecule has 2 unspecified atom stereocenters. The smallest absolute Gasteiger partial charge is 0.264 e. The molecule has 0 fully saturated rings. The fraction of sp³-hybridized carbons (Fsp3) is 0.355. The van der Waals surface area contributed by atoms with Crippen molar-refractivity contribution in [2.24, 2.45) is 0 Å². The van der Waals surface area contributed by atoms with Crippen LogP contribution in [-0.2, 0) is 26.2 Å². The molecule has 0 saturated heterocycles. The normalized spacial score (nSPS) is 12.9. The Bertz CT molecular complexity index is 1460. The Labute approximate surface area is 253 Å². The average Bonchev–Trinajstić information content (AvgIpc) is 2.94. The summed E-state index contributed by atoms with van der Waals surface area (Å²) < 4.78 is 29.0. The SMILES string of the molecule is CCC(C)NC(=O)C(CC)N(Cc1ccc(Cl)c(Cl)c1)C(=O)CN(c1ccc(C)cc1)S(=O)(=O)c1ccc(C)cc1. The summed E-state index contributed by atoms with van der Waals surface area (Å²) in [4.78, 5) is 29.0. The zero-order chi connectivity index (χ0) is 30.3. The van der Waals surface area contributed by atoms with Crippen LogP contribution < -0.4 is 9.62 Å². The summed E-state index contributed by atoms with van der Waals surface area (Å²) in [6.07, 6.45) is 1.05. The Hall–Kier alpha value is -3.07. The molecule has 0 aliphatic rings. The van der Waals surface area contributed by atoms with Crippen LogP contribution >= 0.6 is 23.2 Å². The zero-order valence-electron chi connectivity index (χ0n) is 24.0. The van der Waals surface area contributed by atoms with Crippen LogP contribution in [0.15, 0.2) is 71.6 Å². The van der Waals surface area contributed by atoms with E-state index in [9.17, 15) is 18.0 Å². The van der Waals surface area contributed by atoms with Gasteiger partial charge in [0.15, 0.2) is 0 Å². The van der Waals surface area contributed by atoms with Crippen molar-refractivity contribution in [1.29, 1.82) is 0 Å². The lowest BCUT2D eigenvalue weighted by Gasteiger charge is -2.33. The quantitative estimate of drug-likeness (QED) is 0.250.